The van der Waals surface area contributed by atoms with Crippen molar-refractivity contribution in [3.8, 4) is 0 Å². The van der Waals surface area contributed by atoms with E-state index in [0.717, 1.165) is 38.4 Å². The third kappa shape index (κ3) is 4.78. The van der Waals surface area contributed by atoms with Crippen molar-refractivity contribution in [3.63, 3.8) is 0 Å². The summed E-state index contributed by atoms with van der Waals surface area (Å²) in [5.41, 5.74) is 2.47. The van der Waals surface area contributed by atoms with E-state index in [4.69, 9.17) is 0 Å². The lowest BCUT2D eigenvalue weighted by atomic mass is 10.2. The summed E-state index contributed by atoms with van der Waals surface area (Å²) in [5, 5.41) is 7.95. The molecular weight excluding hydrogens is 224 g/mol. The molecule has 0 bridgehead atoms. The highest BCUT2D eigenvalue weighted by atomic mass is 15.3. The van der Waals surface area contributed by atoms with E-state index < -0.39 is 0 Å². The highest BCUT2D eigenvalue weighted by Gasteiger charge is 2.03. The Labute approximate surface area is 111 Å². The van der Waals surface area contributed by atoms with Crippen LogP contribution in [0.5, 0.6) is 0 Å². The molecule has 1 aromatic heterocycles. The van der Waals surface area contributed by atoms with Gasteiger partial charge in [-0.2, -0.15) is 5.10 Å². The second kappa shape index (κ2) is 8.27. The summed E-state index contributed by atoms with van der Waals surface area (Å²) in [7, 11) is 0. The van der Waals surface area contributed by atoms with Crippen molar-refractivity contribution in [1.82, 2.24) is 20.0 Å². The fourth-order valence-electron chi connectivity index (χ4n) is 2.09. The lowest BCUT2D eigenvalue weighted by molar-refractivity contribution is 0.298. The Morgan fingerprint density at radius 3 is 2.56 bits per heavy atom. The molecule has 1 N–H and O–H groups in total. The molecule has 1 aromatic rings. The first kappa shape index (κ1) is 15.2. The predicted octanol–water partition coefficient (Wildman–Crippen LogP) is 2.03. The van der Waals surface area contributed by atoms with E-state index in [0.29, 0.717) is 0 Å². The van der Waals surface area contributed by atoms with Crippen LogP contribution in [0.2, 0.25) is 0 Å². The van der Waals surface area contributed by atoms with Gasteiger partial charge >= 0.3 is 0 Å². The smallest absolute Gasteiger partial charge is 0.0638 e. The molecule has 0 saturated carbocycles. The molecule has 0 saturated heterocycles. The first-order valence-electron chi connectivity index (χ1n) is 7.17. The normalized spacial score (nSPS) is 11.4. The zero-order valence-electron chi connectivity index (χ0n) is 12.4. The third-order valence-corrected chi connectivity index (χ3v) is 3.41. The van der Waals surface area contributed by atoms with Crippen molar-refractivity contribution in [2.45, 2.75) is 47.2 Å². The fourth-order valence-corrected chi connectivity index (χ4v) is 2.09. The Morgan fingerprint density at radius 2 is 2.00 bits per heavy atom. The highest BCUT2D eigenvalue weighted by molar-refractivity contribution is 5.14. The molecule has 0 aliphatic carbocycles. The molecule has 0 atom stereocenters. The first-order chi connectivity index (χ1) is 8.71. The van der Waals surface area contributed by atoms with Crippen LogP contribution in [0.25, 0.3) is 0 Å². The summed E-state index contributed by atoms with van der Waals surface area (Å²) in [6.45, 7) is 15.1. The summed E-state index contributed by atoms with van der Waals surface area (Å²) in [6.07, 6.45) is 3.36. The molecule has 0 fully saturated rings. The quantitative estimate of drug-likeness (QED) is 0.683. The van der Waals surface area contributed by atoms with E-state index in [2.05, 4.69) is 49.2 Å². The SMILES string of the molecule is CCN(CC)CCCNCc1cn(CC)nc1C. The van der Waals surface area contributed by atoms with Gasteiger partial charge in [0.1, 0.15) is 0 Å². The van der Waals surface area contributed by atoms with Crippen LogP contribution in [0.15, 0.2) is 6.20 Å². The molecule has 0 radical (unpaired) electrons. The second-order valence-electron chi connectivity index (χ2n) is 4.65. The van der Waals surface area contributed by atoms with Gasteiger partial charge in [0.25, 0.3) is 0 Å². The maximum absolute atomic E-state index is 4.45. The third-order valence-electron chi connectivity index (χ3n) is 3.41. The van der Waals surface area contributed by atoms with E-state index in [1.807, 2.05) is 4.68 Å². The van der Waals surface area contributed by atoms with E-state index in [1.165, 1.54) is 18.5 Å². The van der Waals surface area contributed by atoms with Crippen molar-refractivity contribution in [2.24, 2.45) is 0 Å². The Bertz CT molecular complexity index is 329. The number of aromatic nitrogens is 2. The van der Waals surface area contributed by atoms with Crippen molar-refractivity contribution in [1.29, 1.82) is 0 Å². The molecule has 0 unspecified atom stereocenters. The topological polar surface area (TPSA) is 33.1 Å². The van der Waals surface area contributed by atoms with Crippen LogP contribution in [0.3, 0.4) is 0 Å². The molecule has 0 aromatic carbocycles. The van der Waals surface area contributed by atoms with Gasteiger partial charge in [0, 0.05) is 24.8 Å². The number of nitrogens with zero attached hydrogens (tertiary/aromatic N) is 3. The summed E-state index contributed by atoms with van der Waals surface area (Å²) in [4.78, 5) is 2.46. The van der Waals surface area contributed by atoms with E-state index in [-0.39, 0.29) is 0 Å². The van der Waals surface area contributed by atoms with Crippen molar-refractivity contribution in [2.75, 3.05) is 26.2 Å². The van der Waals surface area contributed by atoms with Crippen LogP contribution in [0, 0.1) is 6.92 Å². The average Bonchev–Trinajstić information content (AvgIpc) is 2.75. The van der Waals surface area contributed by atoms with Crippen LogP contribution in [-0.4, -0.2) is 40.9 Å². The number of hydrogen-bond donors (Lipinski definition) is 1. The molecule has 4 nitrogen and oxygen atoms in total. The summed E-state index contributed by atoms with van der Waals surface area (Å²) < 4.78 is 2.00. The van der Waals surface area contributed by atoms with Crippen LogP contribution >= 0.6 is 0 Å². The average molecular weight is 252 g/mol. The molecule has 4 heteroatoms. The minimum atomic E-state index is 0.935. The van der Waals surface area contributed by atoms with Gasteiger partial charge in [-0.1, -0.05) is 13.8 Å². The molecule has 18 heavy (non-hydrogen) atoms. The van der Waals surface area contributed by atoms with Crippen molar-refractivity contribution in [3.05, 3.63) is 17.5 Å². The molecule has 1 heterocycles. The lowest BCUT2D eigenvalue weighted by Crippen LogP contribution is -2.27. The van der Waals surface area contributed by atoms with Crippen LogP contribution in [0.4, 0.5) is 0 Å². The summed E-state index contributed by atoms with van der Waals surface area (Å²) in [6, 6.07) is 0. The standard InChI is InChI=1S/C14H28N4/c1-5-17(6-2)10-8-9-15-11-14-12-18(7-3)16-13(14)4/h12,15H,5-11H2,1-4H3. The predicted molar refractivity (Wildman–Crippen MR) is 76.7 cm³/mol. The van der Waals surface area contributed by atoms with Gasteiger partial charge in [0.15, 0.2) is 0 Å². The van der Waals surface area contributed by atoms with Crippen LogP contribution in [-0.2, 0) is 13.1 Å². The van der Waals surface area contributed by atoms with Gasteiger partial charge in [-0.05, 0) is 46.4 Å². The van der Waals surface area contributed by atoms with Crippen molar-refractivity contribution < 1.29 is 0 Å². The lowest BCUT2D eigenvalue weighted by Gasteiger charge is -2.17. The first-order valence-corrected chi connectivity index (χ1v) is 7.17. The van der Waals surface area contributed by atoms with Gasteiger partial charge in [-0.15, -0.1) is 0 Å². The second-order valence-corrected chi connectivity index (χ2v) is 4.65. The summed E-state index contributed by atoms with van der Waals surface area (Å²) in [5.74, 6) is 0. The molecular formula is C14H28N4. The molecule has 0 amide bonds. The zero-order valence-corrected chi connectivity index (χ0v) is 12.4. The maximum Gasteiger partial charge on any atom is 0.0638 e. The zero-order chi connectivity index (χ0) is 13.4. The van der Waals surface area contributed by atoms with Gasteiger partial charge < -0.3 is 10.2 Å². The van der Waals surface area contributed by atoms with E-state index >= 15 is 0 Å². The minimum absolute atomic E-state index is 0.935. The molecule has 0 aliphatic rings. The van der Waals surface area contributed by atoms with Gasteiger partial charge in [0.05, 0.1) is 5.69 Å². The minimum Gasteiger partial charge on any atom is -0.312 e. The van der Waals surface area contributed by atoms with Gasteiger partial charge in [-0.3, -0.25) is 4.68 Å². The highest BCUT2D eigenvalue weighted by Crippen LogP contribution is 2.04. The Hall–Kier alpha value is -0.870. The van der Waals surface area contributed by atoms with Gasteiger partial charge in [0.2, 0.25) is 0 Å². The van der Waals surface area contributed by atoms with E-state index in [9.17, 15) is 0 Å². The number of rotatable bonds is 9. The Balaban J connectivity index is 2.19. The molecule has 0 aliphatic heterocycles. The molecule has 104 valence electrons. The Kier molecular flexibility index (Phi) is 6.98. The number of nitrogens with one attached hydrogen (secondary N) is 1. The molecule has 1 rings (SSSR count). The van der Waals surface area contributed by atoms with Crippen LogP contribution in [0.1, 0.15) is 38.4 Å². The van der Waals surface area contributed by atoms with Crippen molar-refractivity contribution >= 4 is 0 Å². The molecule has 0 spiro atoms. The van der Waals surface area contributed by atoms with Crippen LogP contribution < -0.4 is 5.32 Å². The number of hydrogen-bond acceptors (Lipinski definition) is 3. The van der Waals surface area contributed by atoms with E-state index in [1.54, 1.807) is 0 Å². The fraction of sp³-hybridized carbons (Fsp3) is 0.786. The summed E-state index contributed by atoms with van der Waals surface area (Å²) >= 11 is 0. The largest absolute Gasteiger partial charge is 0.312 e. The van der Waals surface area contributed by atoms with Gasteiger partial charge in [-0.25, -0.2) is 0 Å². The number of aryl methyl sites for hydroxylation is 2. The Morgan fingerprint density at radius 1 is 1.28 bits per heavy atom. The monoisotopic (exact) mass is 252 g/mol. The maximum atomic E-state index is 4.45.